The molecular formula is C16H33NO4. The van der Waals surface area contributed by atoms with Crippen LogP contribution in [0.1, 0.15) is 46.0 Å². The minimum atomic E-state index is -0.0472. The summed E-state index contributed by atoms with van der Waals surface area (Å²) in [4.78, 5) is 11.5. The Hall–Kier alpha value is -0.650. The van der Waals surface area contributed by atoms with Gasteiger partial charge in [-0.15, -0.1) is 0 Å². The summed E-state index contributed by atoms with van der Waals surface area (Å²) < 4.78 is 15.3. The lowest BCUT2D eigenvalue weighted by Gasteiger charge is -2.07. The lowest BCUT2D eigenvalue weighted by molar-refractivity contribution is -0.126. The average molecular weight is 303 g/mol. The van der Waals surface area contributed by atoms with Crippen molar-refractivity contribution >= 4 is 5.91 Å². The Bertz CT molecular complexity index is 234. The first kappa shape index (κ1) is 20.3. The van der Waals surface area contributed by atoms with E-state index in [2.05, 4.69) is 19.2 Å². The third-order valence-corrected chi connectivity index (χ3v) is 3.07. The van der Waals surface area contributed by atoms with Crippen LogP contribution < -0.4 is 5.32 Å². The molecule has 1 amide bonds. The smallest absolute Gasteiger partial charge is 0.245 e. The quantitative estimate of drug-likeness (QED) is 0.472. The number of hydrogen-bond acceptors (Lipinski definition) is 4. The van der Waals surface area contributed by atoms with E-state index >= 15 is 0 Å². The average Bonchev–Trinajstić information content (AvgIpc) is 2.45. The van der Waals surface area contributed by atoms with Crippen molar-refractivity contribution in [2.24, 2.45) is 5.92 Å². The Morgan fingerprint density at radius 3 is 2.33 bits per heavy atom. The Balaban J connectivity index is 3.16. The van der Waals surface area contributed by atoms with Crippen molar-refractivity contribution in [1.82, 2.24) is 5.32 Å². The van der Waals surface area contributed by atoms with Gasteiger partial charge in [-0.2, -0.15) is 0 Å². The SMILES string of the molecule is COCCOCCOCC(=O)NCCCCCCC(C)C. The molecule has 0 fully saturated rings. The van der Waals surface area contributed by atoms with Gasteiger partial charge in [0.2, 0.25) is 5.91 Å². The second-order valence-corrected chi connectivity index (χ2v) is 5.60. The Morgan fingerprint density at radius 2 is 1.62 bits per heavy atom. The molecule has 0 atom stereocenters. The van der Waals surface area contributed by atoms with Gasteiger partial charge in [0, 0.05) is 13.7 Å². The van der Waals surface area contributed by atoms with Crippen LogP contribution in [0.5, 0.6) is 0 Å². The minimum Gasteiger partial charge on any atom is -0.382 e. The molecule has 0 aliphatic rings. The number of ether oxygens (including phenoxy) is 3. The van der Waals surface area contributed by atoms with Gasteiger partial charge < -0.3 is 19.5 Å². The first-order chi connectivity index (χ1) is 10.2. The van der Waals surface area contributed by atoms with E-state index in [1.54, 1.807) is 7.11 Å². The fourth-order valence-electron chi connectivity index (χ4n) is 1.84. The summed E-state index contributed by atoms with van der Waals surface area (Å²) >= 11 is 0. The molecule has 0 radical (unpaired) electrons. The summed E-state index contributed by atoms with van der Waals surface area (Å²) in [5, 5.41) is 2.87. The summed E-state index contributed by atoms with van der Waals surface area (Å²) in [6.45, 7) is 7.43. The van der Waals surface area contributed by atoms with Crippen LogP contribution in [0.3, 0.4) is 0 Å². The van der Waals surface area contributed by atoms with Crippen LogP contribution in [0.2, 0.25) is 0 Å². The fraction of sp³-hybridized carbons (Fsp3) is 0.938. The molecule has 0 rings (SSSR count). The molecule has 1 N–H and O–H groups in total. The molecule has 0 unspecified atom stereocenters. The number of rotatable bonds is 15. The Labute approximate surface area is 129 Å². The van der Waals surface area contributed by atoms with Crippen LogP contribution in [0, 0.1) is 5.92 Å². The topological polar surface area (TPSA) is 56.8 Å². The number of hydrogen-bond donors (Lipinski definition) is 1. The number of nitrogens with one attached hydrogen (secondary N) is 1. The number of amides is 1. The van der Waals surface area contributed by atoms with E-state index in [1.165, 1.54) is 25.7 Å². The summed E-state index contributed by atoms with van der Waals surface area (Å²) in [6.07, 6.45) is 6.07. The summed E-state index contributed by atoms with van der Waals surface area (Å²) in [5.74, 6) is 0.745. The van der Waals surface area contributed by atoms with Crippen molar-refractivity contribution < 1.29 is 19.0 Å². The van der Waals surface area contributed by atoms with Gasteiger partial charge in [0.15, 0.2) is 0 Å². The highest BCUT2D eigenvalue weighted by molar-refractivity contribution is 5.77. The number of unbranched alkanes of at least 4 members (excludes halogenated alkanes) is 3. The zero-order chi connectivity index (χ0) is 15.8. The maximum absolute atomic E-state index is 11.5. The number of methoxy groups -OCH3 is 1. The molecule has 0 aliphatic carbocycles. The molecule has 0 aromatic heterocycles. The van der Waals surface area contributed by atoms with E-state index in [4.69, 9.17) is 14.2 Å². The Morgan fingerprint density at radius 1 is 0.952 bits per heavy atom. The van der Waals surface area contributed by atoms with E-state index in [9.17, 15) is 4.79 Å². The second kappa shape index (κ2) is 15.7. The summed E-state index contributed by atoms with van der Waals surface area (Å²) in [5.41, 5.74) is 0. The lowest BCUT2D eigenvalue weighted by Crippen LogP contribution is -2.29. The normalized spacial score (nSPS) is 11.0. The molecule has 0 bridgehead atoms. The van der Waals surface area contributed by atoms with Crippen molar-refractivity contribution in [2.45, 2.75) is 46.0 Å². The molecule has 0 saturated carbocycles. The molecule has 0 heterocycles. The molecule has 126 valence electrons. The maximum atomic E-state index is 11.5. The van der Waals surface area contributed by atoms with E-state index < -0.39 is 0 Å². The van der Waals surface area contributed by atoms with Gasteiger partial charge in [-0.05, 0) is 12.3 Å². The zero-order valence-corrected chi connectivity index (χ0v) is 14.0. The monoisotopic (exact) mass is 303 g/mol. The summed E-state index contributed by atoms with van der Waals surface area (Å²) in [7, 11) is 1.63. The third kappa shape index (κ3) is 17.3. The van der Waals surface area contributed by atoms with E-state index in [1.807, 2.05) is 0 Å². The highest BCUT2D eigenvalue weighted by atomic mass is 16.5. The fourth-order valence-corrected chi connectivity index (χ4v) is 1.84. The van der Waals surface area contributed by atoms with Crippen molar-refractivity contribution in [3.63, 3.8) is 0 Å². The molecule has 0 aliphatic heterocycles. The molecule has 5 nitrogen and oxygen atoms in total. The number of carbonyl (C=O) groups is 1. The standard InChI is InChI=1S/C16H33NO4/c1-15(2)8-6-4-5-7-9-17-16(18)14-21-13-12-20-11-10-19-3/h15H,4-14H2,1-3H3,(H,17,18). The molecule has 5 heteroatoms. The van der Waals surface area contributed by atoms with Crippen molar-refractivity contribution in [2.75, 3.05) is 46.7 Å². The minimum absolute atomic E-state index is 0.0472. The molecule has 0 aromatic rings. The van der Waals surface area contributed by atoms with Crippen LogP contribution in [-0.2, 0) is 19.0 Å². The van der Waals surface area contributed by atoms with Crippen LogP contribution in [0.15, 0.2) is 0 Å². The largest absolute Gasteiger partial charge is 0.382 e. The van der Waals surface area contributed by atoms with E-state index in [0.29, 0.717) is 26.4 Å². The van der Waals surface area contributed by atoms with Gasteiger partial charge >= 0.3 is 0 Å². The lowest BCUT2D eigenvalue weighted by atomic mass is 10.0. The van der Waals surface area contributed by atoms with Crippen LogP contribution in [0.25, 0.3) is 0 Å². The highest BCUT2D eigenvalue weighted by Crippen LogP contribution is 2.08. The van der Waals surface area contributed by atoms with Crippen LogP contribution in [0.4, 0.5) is 0 Å². The molecular weight excluding hydrogens is 270 g/mol. The summed E-state index contributed by atoms with van der Waals surface area (Å²) in [6, 6.07) is 0. The molecule has 21 heavy (non-hydrogen) atoms. The van der Waals surface area contributed by atoms with Crippen LogP contribution in [-0.4, -0.2) is 52.6 Å². The molecule has 0 spiro atoms. The van der Waals surface area contributed by atoms with Gasteiger partial charge in [0.25, 0.3) is 0 Å². The maximum Gasteiger partial charge on any atom is 0.245 e. The third-order valence-electron chi connectivity index (χ3n) is 3.07. The van der Waals surface area contributed by atoms with Gasteiger partial charge in [-0.3, -0.25) is 4.79 Å². The predicted octanol–water partition coefficient (Wildman–Crippen LogP) is 2.39. The highest BCUT2D eigenvalue weighted by Gasteiger charge is 2.00. The zero-order valence-electron chi connectivity index (χ0n) is 14.0. The van der Waals surface area contributed by atoms with E-state index in [0.717, 1.165) is 18.9 Å². The first-order valence-corrected chi connectivity index (χ1v) is 8.08. The van der Waals surface area contributed by atoms with Gasteiger partial charge in [-0.25, -0.2) is 0 Å². The molecule has 0 aromatic carbocycles. The predicted molar refractivity (Wildman–Crippen MR) is 84.4 cm³/mol. The van der Waals surface area contributed by atoms with Gasteiger partial charge in [0.1, 0.15) is 6.61 Å². The van der Waals surface area contributed by atoms with Crippen molar-refractivity contribution in [3.8, 4) is 0 Å². The molecule has 0 saturated heterocycles. The Kier molecular flexibility index (Phi) is 15.2. The second-order valence-electron chi connectivity index (χ2n) is 5.60. The van der Waals surface area contributed by atoms with Crippen LogP contribution >= 0.6 is 0 Å². The van der Waals surface area contributed by atoms with E-state index in [-0.39, 0.29) is 12.5 Å². The van der Waals surface area contributed by atoms with Gasteiger partial charge in [0.05, 0.1) is 26.4 Å². The van der Waals surface area contributed by atoms with Crippen molar-refractivity contribution in [1.29, 1.82) is 0 Å². The van der Waals surface area contributed by atoms with Gasteiger partial charge in [-0.1, -0.05) is 39.5 Å². The number of carbonyl (C=O) groups excluding carboxylic acids is 1. The van der Waals surface area contributed by atoms with Crippen molar-refractivity contribution in [3.05, 3.63) is 0 Å². The first-order valence-electron chi connectivity index (χ1n) is 8.08.